The minimum absolute atomic E-state index is 0.0408. The van der Waals surface area contributed by atoms with Crippen LogP contribution in [0.4, 0.5) is 18.9 Å². The van der Waals surface area contributed by atoms with Crippen molar-refractivity contribution in [1.29, 1.82) is 0 Å². The van der Waals surface area contributed by atoms with Gasteiger partial charge in [-0.25, -0.2) is 0 Å². The fraction of sp³-hybridized carbons (Fsp3) is 0.417. The molecule has 0 aliphatic carbocycles. The van der Waals surface area contributed by atoms with Crippen LogP contribution in [-0.2, 0) is 10.9 Å². The first-order valence-corrected chi connectivity index (χ1v) is 5.93. The van der Waals surface area contributed by atoms with Gasteiger partial charge in [-0.1, -0.05) is 12.2 Å². The SMILES string of the molecule is COCC(C)Nc1ccc(C(F)(F)F)c(C(N)=S)c1. The number of rotatable bonds is 5. The molecule has 1 atom stereocenters. The fourth-order valence-electron chi connectivity index (χ4n) is 1.66. The number of nitrogens with two attached hydrogens (primary N) is 1. The first kappa shape index (κ1) is 15.7. The predicted molar refractivity (Wildman–Crippen MR) is 72.3 cm³/mol. The van der Waals surface area contributed by atoms with Gasteiger partial charge in [0.1, 0.15) is 4.99 Å². The van der Waals surface area contributed by atoms with Gasteiger partial charge in [-0.3, -0.25) is 0 Å². The molecule has 0 heterocycles. The second-order valence-electron chi connectivity index (χ2n) is 4.12. The van der Waals surface area contributed by atoms with E-state index in [0.717, 1.165) is 6.07 Å². The molecule has 0 bridgehead atoms. The van der Waals surface area contributed by atoms with Crippen LogP contribution in [-0.4, -0.2) is 24.7 Å². The second-order valence-corrected chi connectivity index (χ2v) is 4.56. The van der Waals surface area contributed by atoms with Crippen LogP contribution in [0, 0.1) is 0 Å². The van der Waals surface area contributed by atoms with Crippen molar-refractivity contribution in [2.75, 3.05) is 19.0 Å². The van der Waals surface area contributed by atoms with E-state index in [1.54, 1.807) is 7.11 Å². The van der Waals surface area contributed by atoms with Crippen molar-refractivity contribution >= 4 is 22.9 Å². The summed E-state index contributed by atoms with van der Waals surface area (Å²) in [6, 6.07) is 3.57. The summed E-state index contributed by atoms with van der Waals surface area (Å²) in [5.41, 5.74) is 4.85. The number of ether oxygens (including phenoxy) is 1. The summed E-state index contributed by atoms with van der Waals surface area (Å²) in [7, 11) is 1.55. The molecule has 3 N–H and O–H groups in total. The largest absolute Gasteiger partial charge is 0.417 e. The number of thiocarbonyl (C=S) groups is 1. The maximum Gasteiger partial charge on any atom is 0.417 e. The highest BCUT2D eigenvalue weighted by atomic mass is 32.1. The average molecular weight is 292 g/mol. The zero-order valence-electron chi connectivity index (χ0n) is 10.5. The Hall–Kier alpha value is -1.34. The lowest BCUT2D eigenvalue weighted by Gasteiger charge is -2.17. The number of alkyl halides is 3. The van der Waals surface area contributed by atoms with Crippen molar-refractivity contribution in [2.24, 2.45) is 5.73 Å². The van der Waals surface area contributed by atoms with E-state index in [2.05, 4.69) is 17.5 Å². The monoisotopic (exact) mass is 292 g/mol. The molecule has 1 rings (SSSR count). The first-order valence-electron chi connectivity index (χ1n) is 5.52. The molecule has 0 saturated heterocycles. The number of hydrogen-bond acceptors (Lipinski definition) is 3. The van der Waals surface area contributed by atoms with Crippen LogP contribution in [0.3, 0.4) is 0 Å². The van der Waals surface area contributed by atoms with Gasteiger partial charge in [0.25, 0.3) is 0 Å². The van der Waals surface area contributed by atoms with Crippen LogP contribution >= 0.6 is 12.2 Å². The van der Waals surface area contributed by atoms with Gasteiger partial charge < -0.3 is 15.8 Å². The summed E-state index contributed by atoms with van der Waals surface area (Å²) in [4.78, 5) is -0.282. The fourth-order valence-corrected chi connectivity index (χ4v) is 1.83. The molecular weight excluding hydrogens is 277 g/mol. The lowest BCUT2D eigenvalue weighted by atomic mass is 10.1. The standard InChI is InChI=1S/C12H15F3N2OS/c1-7(6-18-2)17-8-3-4-10(12(13,14)15)9(5-8)11(16)19/h3-5,7,17H,6H2,1-2H3,(H2,16,19). The quantitative estimate of drug-likeness (QED) is 0.819. The number of halogens is 3. The van der Waals surface area contributed by atoms with E-state index < -0.39 is 11.7 Å². The molecule has 0 amide bonds. The summed E-state index contributed by atoms with van der Waals surface area (Å²) < 4.78 is 43.2. The summed E-state index contributed by atoms with van der Waals surface area (Å²) in [6.45, 7) is 2.28. The van der Waals surface area contributed by atoms with Crippen molar-refractivity contribution in [3.63, 3.8) is 0 Å². The Morgan fingerprint density at radius 3 is 2.58 bits per heavy atom. The number of methoxy groups -OCH3 is 1. The molecule has 0 fully saturated rings. The Morgan fingerprint density at radius 1 is 1.47 bits per heavy atom. The summed E-state index contributed by atoms with van der Waals surface area (Å²) in [5, 5.41) is 3.01. The molecule has 0 aliphatic heterocycles. The van der Waals surface area contributed by atoms with E-state index in [0.29, 0.717) is 12.3 Å². The Kier molecular flexibility index (Phi) is 5.13. The highest BCUT2D eigenvalue weighted by molar-refractivity contribution is 7.80. The van der Waals surface area contributed by atoms with Gasteiger partial charge in [0.15, 0.2) is 0 Å². The molecular formula is C12H15F3N2OS. The highest BCUT2D eigenvalue weighted by Crippen LogP contribution is 2.33. The second kappa shape index (κ2) is 6.21. The Balaban J connectivity index is 3.07. The van der Waals surface area contributed by atoms with Gasteiger partial charge in [-0.2, -0.15) is 13.2 Å². The van der Waals surface area contributed by atoms with Crippen molar-refractivity contribution in [3.05, 3.63) is 29.3 Å². The number of hydrogen-bond donors (Lipinski definition) is 2. The normalized spacial score (nSPS) is 13.1. The minimum atomic E-state index is -4.48. The van der Waals surface area contributed by atoms with E-state index in [1.165, 1.54) is 12.1 Å². The van der Waals surface area contributed by atoms with Crippen LogP contribution < -0.4 is 11.1 Å². The minimum Gasteiger partial charge on any atom is -0.389 e. The van der Waals surface area contributed by atoms with Gasteiger partial charge in [0, 0.05) is 24.4 Å². The molecule has 1 aromatic carbocycles. The molecule has 0 aromatic heterocycles. The van der Waals surface area contributed by atoms with E-state index in [1.807, 2.05) is 6.92 Å². The molecule has 0 spiro atoms. The van der Waals surface area contributed by atoms with Crippen molar-refractivity contribution < 1.29 is 17.9 Å². The highest BCUT2D eigenvalue weighted by Gasteiger charge is 2.34. The number of anilines is 1. The van der Waals surface area contributed by atoms with Gasteiger partial charge in [0.05, 0.1) is 12.2 Å². The molecule has 0 saturated carbocycles. The zero-order valence-corrected chi connectivity index (χ0v) is 11.4. The molecule has 0 radical (unpaired) electrons. The zero-order chi connectivity index (χ0) is 14.6. The molecule has 3 nitrogen and oxygen atoms in total. The smallest absolute Gasteiger partial charge is 0.389 e. The molecule has 0 aliphatic rings. The predicted octanol–water partition coefficient (Wildman–Crippen LogP) is 2.79. The maximum absolute atomic E-state index is 12.8. The molecule has 19 heavy (non-hydrogen) atoms. The lowest BCUT2D eigenvalue weighted by molar-refractivity contribution is -0.137. The van der Waals surface area contributed by atoms with Crippen molar-refractivity contribution in [1.82, 2.24) is 0 Å². The first-order chi connectivity index (χ1) is 8.75. The molecule has 1 aromatic rings. The third-order valence-corrected chi connectivity index (χ3v) is 2.64. The maximum atomic E-state index is 12.8. The summed E-state index contributed by atoms with van der Waals surface area (Å²) in [6.07, 6.45) is -4.48. The van der Waals surface area contributed by atoms with E-state index in [9.17, 15) is 13.2 Å². The van der Waals surface area contributed by atoms with Gasteiger partial charge in [0.2, 0.25) is 0 Å². The Labute approximate surface area is 114 Å². The van der Waals surface area contributed by atoms with E-state index >= 15 is 0 Å². The number of nitrogens with one attached hydrogen (secondary N) is 1. The lowest BCUT2D eigenvalue weighted by Crippen LogP contribution is -2.22. The van der Waals surface area contributed by atoms with Gasteiger partial charge >= 0.3 is 6.18 Å². The molecule has 7 heteroatoms. The number of benzene rings is 1. The average Bonchev–Trinajstić information content (AvgIpc) is 2.27. The summed E-state index contributed by atoms with van der Waals surface area (Å²) in [5.74, 6) is 0. The molecule has 1 unspecified atom stereocenters. The van der Waals surface area contributed by atoms with Crippen LogP contribution in [0.5, 0.6) is 0 Å². The van der Waals surface area contributed by atoms with Crippen LogP contribution in [0.1, 0.15) is 18.1 Å². The van der Waals surface area contributed by atoms with E-state index in [-0.39, 0.29) is 16.6 Å². The Morgan fingerprint density at radius 2 is 2.11 bits per heavy atom. The topological polar surface area (TPSA) is 47.3 Å². The molecule has 106 valence electrons. The summed E-state index contributed by atoms with van der Waals surface area (Å²) >= 11 is 4.67. The van der Waals surface area contributed by atoms with Gasteiger partial charge in [-0.05, 0) is 25.1 Å². The Bertz CT molecular complexity index is 463. The van der Waals surface area contributed by atoms with Gasteiger partial charge in [-0.15, -0.1) is 0 Å². The third-order valence-electron chi connectivity index (χ3n) is 2.42. The van der Waals surface area contributed by atoms with Crippen LogP contribution in [0.25, 0.3) is 0 Å². The van der Waals surface area contributed by atoms with Crippen molar-refractivity contribution in [2.45, 2.75) is 19.1 Å². The van der Waals surface area contributed by atoms with Crippen LogP contribution in [0.2, 0.25) is 0 Å². The van der Waals surface area contributed by atoms with Crippen LogP contribution in [0.15, 0.2) is 18.2 Å². The third kappa shape index (κ3) is 4.36. The van der Waals surface area contributed by atoms with E-state index in [4.69, 9.17) is 10.5 Å². The van der Waals surface area contributed by atoms with Crippen molar-refractivity contribution in [3.8, 4) is 0 Å².